The molecule has 0 aliphatic heterocycles. The van der Waals surface area contributed by atoms with E-state index in [-0.39, 0.29) is 0 Å². The van der Waals surface area contributed by atoms with Crippen molar-refractivity contribution in [2.75, 3.05) is 0 Å². The van der Waals surface area contributed by atoms with Gasteiger partial charge >= 0.3 is 0 Å². The topological polar surface area (TPSA) is 30.7 Å². The van der Waals surface area contributed by atoms with Gasteiger partial charge in [-0.25, -0.2) is 0 Å². The second kappa shape index (κ2) is 2.39. The van der Waals surface area contributed by atoms with Crippen LogP contribution in [0.4, 0.5) is 0 Å². The fraction of sp³-hybridized carbons (Fsp3) is 0.600. The Morgan fingerprint density at radius 1 is 1.67 bits per heavy atom. The molecule has 0 aromatic carbocycles. The molecule has 50 valence electrons. The number of hydrogen-bond acceptors (Lipinski definition) is 3. The SMILES string of the molecule is CC(C)c1cn(S)nn1. The van der Waals surface area contributed by atoms with Crippen LogP contribution in [0.25, 0.3) is 0 Å². The van der Waals surface area contributed by atoms with E-state index in [0.717, 1.165) is 5.69 Å². The molecule has 1 aromatic rings. The van der Waals surface area contributed by atoms with Crippen molar-refractivity contribution in [3.8, 4) is 0 Å². The number of thiol groups is 1. The lowest BCUT2D eigenvalue weighted by atomic mass is 10.2. The minimum absolute atomic E-state index is 0.436. The zero-order valence-electron chi connectivity index (χ0n) is 5.44. The molecule has 0 fully saturated rings. The maximum atomic E-state index is 3.94. The first-order valence-corrected chi connectivity index (χ1v) is 3.21. The van der Waals surface area contributed by atoms with Gasteiger partial charge in [-0.15, -0.1) is 5.10 Å². The van der Waals surface area contributed by atoms with Gasteiger partial charge in [0.1, 0.15) is 0 Å². The molecule has 1 heterocycles. The lowest BCUT2D eigenvalue weighted by Gasteiger charge is -1.92. The van der Waals surface area contributed by atoms with E-state index in [1.807, 2.05) is 0 Å². The maximum absolute atomic E-state index is 3.94. The molecule has 0 radical (unpaired) electrons. The first-order valence-electron chi connectivity index (χ1n) is 2.81. The standard InChI is InChI=1S/C5H9N3S/c1-4(2)5-3-8(9)7-6-5/h3-4,9H,1-2H3. The fourth-order valence-corrected chi connectivity index (χ4v) is 0.690. The predicted molar refractivity (Wildman–Crippen MR) is 38.5 cm³/mol. The Bertz CT molecular complexity index is 194. The summed E-state index contributed by atoms with van der Waals surface area (Å²) >= 11 is 3.94. The molecule has 0 saturated heterocycles. The van der Waals surface area contributed by atoms with Crippen LogP contribution in [0.3, 0.4) is 0 Å². The summed E-state index contributed by atoms with van der Waals surface area (Å²) in [4.78, 5) is 0. The van der Waals surface area contributed by atoms with Crippen molar-refractivity contribution < 1.29 is 0 Å². The summed E-state index contributed by atoms with van der Waals surface area (Å²) in [5, 5.41) is 7.52. The number of aromatic nitrogens is 3. The van der Waals surface area contributed by atoms with E-state index in [2.05, 4.69) is 37.0 Å². The van der Waals surface area contributed by atoms with E-state index in [4.69, 9.17) is 0 Å². The highest BCUT2D eigenvalue weighted by Gasteiger charge is 2.01. The van der Waals surface area contributed by atoms with Crippen LogP contribution in [0.15, 0.2) is 6.20 Å². The number of nitrogens with zero attached hydrogens (tertiary/aromatic N) is 3. The normalized spacial score (nSPS) is 10.7. The van der Waals surface area contributed by atoms with Gasteiger partial charge in [-0.3, -0.25) is 0 Å². The van der Waals surface area contributed by atoms with Crippen molar-refractivity contribution in [1.29, 1.82) is 0 Å². The van der Waals surface area contributed by atoms with Gasteiger partial charge in [0.2, 0.25) is 0 Å². The highest BCUT2D eigenvalue weighted by atomic mass is 32.1. The molecule has 0 spiro atoms. The average Bonchev–Trinajstić information content (AvgIpc) is 2.14. The van der Waals surface area contributed by atoms with E-state index in [1.165, 1.54) is 4.09 Å². The van der Waals surface area contributed by atoms with Gasteiger partial charge in [0, 0.05) is 0 Å². The minimum atomic E-state index is 0.436. The van der Waals surface area contributed by atoms with Gasteiger partial charge in [0.15, 0.2) is 0 Å². The summed E-state index contributed by atoms with van der Waals surface area (Å²) < 4.78 is 1.41. The Balaban J connectivity index is 2.85. The molecule has 0 saturated carbocycles. The smallest absolute Gasteiger partial charge is 0.0863 e. The third-order valence-electron chi connectivity index (χ3n) is 1.09. The van der Waals surface area contributed by atoms with Crippen LogP contribution in [0, 0.1) is 0 Å². The van der Waals surface area contributed by atoms with E-state index in [9.17, 15) is 0 Å². The van der Waals surface area contributed by atoms with Gasteiger partial charge in [-0.1, -0.05) is 19.1 Å². The molecular weight excluding hydrogens is 134 g/mol. The van der Waals surface area contributed by atoms with E-state index < -0.39 is 0 Å². The summed E-state index contributed by atoms with van der Waals surface area (Å²) in [5.74, 6) is 0.436. The summed E-state index contributed by atoms with van der Waals surface area (Å²) in [7, 11) is 0. The van der Waals surface area contributed by atoms with Gasteiger partial charge in [0.05, 0.1) is 11.9 Å². The molecule has 9 heavy (non-hydrogen) atoms. The number of hydrogen-bond donors (Lipinski definition) is 1. The molecule has 3 nitrogen and oxygen atoms in total. The molecule has 0 N–H and O–H groups in total. The molecule has 0 unspecified atom stereocenters. The monoisotopic (exact) mass is 143 g/mol. The van der Waals surface area contributed by atoms with Crippen molar-refractivity contribution in [2.45, 2.75) is 19.8 Å². The zero-order valence-corrected chi connectivity index (χ0v) is 6.34. The third kappa shape index (κ3) is 1.45. The molecule has 0 bridgehead atoms. The Morgan fingerprint density at radius 2 is 2.33 bits per heavy atom. The average molecular weight is 143 g/mol. The first-order chi connectivity index (χ1) is 4.20. The van der Waals surface area contributed by atoms with Crippen molar-refractivity contribution in [1.82, 2.24) is 14.4 Å². The van der Waals surface area contributed by atoms with Crippen LogP contribution in [-0.4, -0.2) is 14.4 Å². The van der Waals surface area contributed by atoms with Crippen LogP contribution < -0.4 is 0 Å². The van der Waals surface area contributed by atoms with Crippen LogP contribution in [0.5, 0.6) is 0 Å². The largest absolute Gasteiger partial charge is 0.197 e. The molecule has 0 amide bonds. The van der Waals surface area contributed by atoms with E-state index >= 15 is 0 Å². The fourth-order valence-electron chi connectivity index (χ4n) is 0.532. The van der Waals surface area contributed by atoms with Crippen LogP contribution in [0.1, 0.15) is 25.5 Å². The van der Waals surface area contributed by atoms with E-state index in [0.29, 0.717) is 5.92 Å². The molecular formula is C5H9N3S. The van der Waals surface area contributed by atoms with Gasteiger partial charge < -0.3 is 0 Å². The first kappa shape index (κ1) is 6.61. The Morgan fingerprint density at radius 3 is 2.56 bits per heavy atom. The third-order valence-corrected chi connectivity index (χ3v) is 1.29. The van der Waals surface area contributed by atoms with Crippen molar-refractivity contribution in [3.05, 3.63) is 11.9 Å². The predicted octanol–water partition coefficient (Wildman–Crippen LogP) is 1.09. The number of rotatable bonds is 1. The summed E-state index contributed by atoms with van der Waals surface area (Å²) in [6.45, 7) is 4.13. The maximum Gasteiger partial charge on any atom is 0.0863 e. The Kier molecular flexibility index (Phi) is 1.75. The molecule has 1 aromatic heterocycles. The van der Waals surface area contributed by atoms with Gasteiger partial charge in [-0.05, 0) is 18.7 Å². The van der Waals surface area contributed by atoms with Crippen molar-refractivity contribution in [3.63, 3.8) is 0 Å². The molecule has 4 heteroatoms. The zero-order chi connectivity index (χ0) is 6.85. The summed E-state index contributed by atoms with van der Waals surface area (Å²) in [6.07, 6.45) is 1.80. The second-order valence-electron chi connectivity index (χ2n) is 2.22. The lowest BCUT2D eigenvalue weighted by molar-refractivity contribution is 0.800. The molecule has 1 rings (SSSR count). The van der Waals surface area contributed by atoms with E-state index in [1.54, 1.807) is 6.20 Å². The van der Waals surface area contributed by atoms with Gasteiger partial charge in [-0.2, -0.15) is 4.09 Å². The van der Waals surface area contributed by atoms with Crippen LogP contribution >= 0.6 is 12.8 Å². The highest BCUT2D eigenvalue weighted by Crippen LogP contribution is 2.08. The van der Waals surface area contributed by atoms with Crippen molar-refractivity contribution >= 4 is 12.8 Å². The minimum Gasteiger partial charge on any atom is -0.197 e. The van der Waals surface area contributed by atoms with Crippen LogP contribution in [-0.2, 0) is 0 Å². The van der Waals surface area contributed by atoms with Crippen LogP contribution in [0.2, 0.25) is 0 Å². The molecule has 0 atom stereocenters. The Hall–Kier alpha value is -0.510. The Labute approximate surface area is 59.6 Å². The summed E-state index contributed by atoms with van der Waals surface area (Å²) in [5.41, 5.74) is 0.977. The quantitative estimate of drug-likeness (QED) is 0.597. The lowest BCUT2D eigenvalue weighted by Crippen LogP contribution is -1.85. The second-order valence-corrected chi connectivity index (χ2v) is 2.63. The van der Waals surface area contributed by atoms with Crippen molar-refractivity contribution in [2.24, 2.45) is 0 Å². The highest BCUT2D eigenvalue weighted by molar-refractivity contribution is 7.78. The molecule has 0 aliphatic rings. The summed E-state index contributed by atoms with van der Waals surface area (Å²) in [6, 6.07) is 0. The molecule has 0 aliphatic carbocycles. The van der Waals surface area contributed by atoms with Gasteiger partial charge in [0.25, 0.3) is 0 Å².